The Hall–Kier alpha value is -10.6. The summed E-state index contributed by atoms with van der Waals surface area (Å²) in [4.78, 5) is 0. The van der Waals surface area contributed by atoms with Gasteiger partial charge in [-0.3, -0.25) is 0 Å². The molecule has 6 nitrogen and oxygen atoms in total. The Morgan fingerprint density at radius 1 is 0.295 bits per heavy atom. The predicted octanol–water partition coefficient (Wildman–Crippen LogP) is 18.2. The van der Waals surface area contributed by atoms with Crippen LogP contribution in [-0.2, 0) is 6.18 Å². The Kier molecular flexibility index (Phi) is 9.75. The number of alkyl halides is 3. The first-order valence-electron chi connectivity index (χ1n) is 25.6. The van der Waals surface area contributed by atoms with Crippen LogP contribution in [0, 0.1) is 22.7 Å². The SMILES string of the molecule is N#Cc1cc(C(F)(F)F)ccc1-c1ccc(-n2c3ccccc3c3cc4c5ccccc5n(-c5ccccc5)c4cc32)c(-c2cc(-n3c4ccccc4c4cc5c6ccccc6n(-c6ccccc6)c5cc43)ccc2C#N)c1. The summed E-state index contributed by atoms with van der Waals surface area (Å²) >= 11 is 0. The molecule has 4 heterocycles. The van der Waals surface area contributed by atoms with Gasteiger partial charge in [0.05, 0.1) is 78.6 Å². The lowest BCUT2D eigenvalue weighted by Crippen LogP contribution is -2.05. The van der Waals surface area contributed by atoms with Crippen molar-refractivity contribution in [2.45, 2.75) is 6.18 Å². The van der Waals surface area contributed by atoms with Crippen LogP contribution in [0.3, 0.4) is 0 Å². The number of nitrogens with zero attached hydrogens (tertiary/aromatic N) is 6. The van der Waals surface area contributed by atoms with Crippen LogP contribution >= 0.6 is 0 Å². The van der Waals surface area contributed by atoms with Crippen LogP contribution in [0.25, 0.3) is 132 Å². The average Bonchev–Trinajstić information content (AvgIpc) is 4.31. The molecule has 0 saturated heterocycles. The van der Waals surface area contributed by atoms with Crippen molar-refractivity contribution in [2.24, 2.45) is 0 Å². The third-order valence-corrected chi connectivity index (χ3v) is 15.6. The fourth-order valence-electron chi connectivity index (χ4n) is 12.3. The van der Waals surface area contributed by atoms with Gasteiger partial charge in [-0.05, 0) is 126 Å². The first-order chi connectivity index (χ1) is 38.2. The van der Waals surface area contributed by atoms with Gasteiger partial charge in [0, 0.05) is 71.3 Å². The number of aromatic nitrogens is 4. The lowest BCUT2D eigenvalue weighted by Gasteiger charge is -2.19. The molecule has 0 unspecified atom stereocenters. The van der Waals surface area contributed by atoms with E-state index in [9.17, 15) is 23.7 Å². The summed E-state index contributed by atoms with van der Waals surface area (Å²) in [5.41, 5.74) is 13.1. The van der Waals surface area contributed by atoms with Crippen molar-refractivity contribution in [1.29, 1.82) is 10.5 Å². The van der Waals surface area contributed by atoms with Crippen molar-refractivity contribution >= 4 is 87.2 Å². The summed E-state index contributed by atoms with van der Waals surface area (Å²) in [7, 11) is 0. The molecular formula is C69H39F3N6. The number of nitriles is 2. The molecule has 0 radical (unpaired) electrons. The predicted molar refractivity (Wildman–Crippen MR) is 309 cm³/mol. The third-order valence-electron chi connectivity index (χ3n) is 15.6. The van der Waals surface area contributed by atoms with Crippen LogP contribution in [0.4, 0.5) is 13.2 Å². The smallest absolute Gasteiger partial charge is 0.309 e. The highest BCUT2D eigenvalue weighted by atomic mass is 19.4. The summed E-state index contributed by atoms with van der Waals surface area (Å²) in [5.74, 6) is 0. The number of benzene rings is 11. The van der Waals surface area contributed by atoms with E-state index in [2.05, 4.69) is 176 Å². The minimum Gasteiger partial charge on any atom is -0.309 e. The Morgan fingerprint density at radius 3 is 1.21 bits per heavy atom. The molecule has 0 amide bonds. The van der Waals surface area contributed by atoms with Gasteiger partial charge in [-0.2, -0.15) is 23.7 Å². The standard InChI is InChI=1S/C69H39F3N6/c70-69(71,72)45-29-31-49(44(33-45)41-74)42-28-32-64(78-63-26-14-10-22-53(63)59-37-57-51-20-8-12-24-61(51)76(66(57)39-68(59)78)47-17-5-2-6-18-47)55(34-42)54-35-48(30-27-43(54)40-73)77-62-25-13-9-21-52(62)58-36-56-50-19-7-11-23-60(50)75(65(56)38-67(58)77)46-15-3-1-4-16-46/h1-39H. The number of halogens is 3. The molecule has 0 bridgehead atoms. The summed E-state index contributed by atoms with van der Waals surface area (Å²) in [5, 5.41) is 30.3. The molecule has 4 aromatic heterocycles. The van der Waals surface area contributed by atoms with Gasteiger partial charge < -0.3 is 18.3 Å². The van der Waals surface area contributed by atoms with E-state index in [-0.39, 0.29) is 5.56 Å². The summed E-state index contributed by atoms with van der Waals surface area (Å²) < 4.78 is 51.6. The molecule has 0 fully saturated rings. The highest BCUT2D eigenvalue weighted by Crippen LogP contribution is 2.45. The van der Waals surface area contributed by atoms with Crippen molar-refractivity contribution < 1.29 is 13.2 Å². The Balaban J connectivity index is 1.04. The van der Waals surface area contributed by atoms with Gasteiger partial charge in [0.1, 0.15) is 0 Å². The number of hydrogen-bond donors (Lipinski definition) is 0. The monoisotopic (exact) mass is 1010 g/mol. The van der Waals surface area contributed by atoms with E-state index in [1.54, 1.807) is 0 Å². The van der Waals surface area contributed by atoms with E-state index in [1.165, 1.54) is 6.07 Å². The van der Waals surface area contributed by atoms with Crippen LogP contribution in [0.5, 0.6) is 0 Å². The van der Waals surface area contributed by atoms with Crippen molar-refractivity contribution in [2.75, 3.05) is 0 Å². The normalized spacial score (nSPS) is 12.0. The molecule has 0 aliphatic carbocycles. The number of fused-ring (bicyclic) bond motifs is 12. The molecule has 0 spiro atoms. The zero-order chi connectivity index (χ0) is 52.4. The first kappa shape index (κ1) is 44.8. The maximum Gasteiger partial charge on any atom is 0.416 e. The van der Waals surface area contributed by atoms with Crippen LogP contribution in [0.2, 0.25) is 0 Å². The molecular weight excluding hydrogens is 970 g/mol. The van der Waals surface area contributed by atoms with Gasteiger partial charge in [0.15, 0.2) is 0 Å². The number of para-hydroxylation sites is 6. The second kappa shape index (κ2) is 17.0. The molecule has 0 aliphatic rings. The highest BCUT2D eigenvalue weighted by Gasteiger charge is 2.32. The number of hydrogen-bond acceptors (Lipinski definition) is 2. The van der Waals surface area contributed by atoms with Crippen LogP contribution < -0.4 is 0 Å². The van der Waals surface area contributed by atoms with Gasteiger partial charge in [-0.25, -0.2) is 0 Å². The Morgan fingerprint density at radius 2 is 0.731 bits per heavy atom. The van der Waals surface area contributed by atoms with Gasteiger partial charge in [-0.1, -0.05) is 121 Å². The first-order valence-corrected chi connectivity index (χ1v) is 25.6. The van der Waals surface area contributed by atoms with Crippen molar-refractivity contribution in [3.05, 3.63) is 253 Å². The molecule has 9 heteroatoms. The molecule has 11 aromatic carbocycles. The molecule has 15 rings (SSSR count). The molecule has 0 atom stereocenters. The Bertz CT molecular complexity index is 5100. The largest absolute Gasteiger partial charge is 0.416 e. The van der Waals surface area contributed by atoms with Gasteiger partial charge in [-0.15, -0.1) is 0 Å². The molecule has 0 saturated carbocycles. The van der Waals surface area contributed by atoms with Crippen molar-refractivity contribution in [1.82, 2.24) is 18.3 Å². The Labute approximate surface area is 443 Å². The average molecular weight is 1010 g/mol. The van der Waals surface area contributed by atoms with E-state index >= 15 is 0 Å². The van der Waals surface area contributed by atoms with Crippen LogP contribution in [-0.4, -0.2) is 18.3 Å². The molecule has 15 aromatic rings. The molecule has 0 N–H and O–H groups in total. The van der Waals surface area contributed by atoms with Crippen LogP contribution in [0.15, 0.2) is 237 Å². The zero-order valence-electron chi connectivity index (χ0n) is 41.3. The van der Waals surface area contributed by atoms with E-state index in [0.29, 0.717) is 27.8 Å². The second-order valence-corrected chi connectivity index (χ2v) is 19.8. The lowest BCUT2D eigenvalue weighted by molar-refractivity contribution is -0.137. The van der Waals surface area contributed by atoms with Gasteiger partial charge >= 0.3 is 6.18 Å². The number of rotatable bonds is 6. The molecule has 78 heavy (non-hydrogen) atoms. The summed E-state index contributed by atoms with van der Waals surface area (Å²) in [6, 6.07) is 82.9. The third kappa shape index (κ3) is 6.62. The minimum atomic E-state index is -4.65. The van der Waals surface area contributed by atoms with Crippen molar-refractivity contribution in [3.63, 3.8) is 0 Å². The fraction of sp³-hybridized carbons (Fsp3) is 0.0145. The summed E-state index contributed by atoms with van der Waals surface area (Å²) in [6.45, 7) is 0. The van der Waals surface area contributed by atoms with E-state index in [0.717, 1.165) is 122 Å². The van der Waals surface area contributed by atoms with E-state index in [1.807, 2.05) is 72.8 Å². The quantitative estimate of drug-likeness (QED) is 0.167. The maximum atomic E-state index is 14.2. The van der Waals surface area contributed by atoms with E-state index in [4.69, 9.17) is 0 Å². The van der Waals surface area contributed by atoms with Gasteiger partial charge in [0.2, 0.25) is 0 Å². The minimum absolute atomic E-state index is 0.115. The highest BCUT2D eigenvalue weighted by molar-refractivity contribution is 6.21. The fourth-order valence-corrected chi connectivity index (χ4v) is 12.3. The molecule has 0 aliphatic heterocycles. The van der Waals surface area contributed by atoms with E-state index < -0.39 is 11.7 Å². The maximum absolute atomic E-state index is 14.2. The van der Waals surface area contributed by atoms with Crippen molar-refractivity contribution in [3.8, 4) is 57.1 Å². The molecule has 366 valence electrons. The summed E-state index contributed by atoms with van der Waals surface area (Å²) in [6.07, 6.45) is -4.65. The lowest BCUT2D eigenvalue weighted by atomic mass is 9.91. The zero-order valence-corrected chi connectivity index (χ0v) is 41.3. The topological polar surface area (TPSA) is 67.3 Å². The van der Waals surface area contributed by atoms with Gasteiger partial charge in [0.25, 0.3) is 0 Å². The van der Waals surface area contributed by atoms with Crippen LogP contribution in [0.1, 0.15) is 16.7 Å². The second-order valence-electron chi connectivity index (χ2n) is 19.8.